The summed E-state index contributed by atoms with van der Waals surface area (Å²) in [5, 5.41) is 10.6. The number of hydrogen-bond acceptors (Lipinski definition) is 3. The Morgan fingerprint density at radius 3 is 2.78 bits per heavy atom. The van der Waals surface area contributed by atoms with Crippen LogP contribution in [0.3, 0.4) is 0 Å². The summed E-state index contributed by atoms with van der Waals surface area (Å²) < 4.78 is 14.8. The number of fused-ring (bicyclic) bond motifs is 1. The van der Waals surface area contributed by atoms with Crippen LogP contribution in [0, 0.1) is 11.3 Å². The molecule has 1 unspecified atom stereocenters. The van der Waals surface area contributed by atoms with E-state index in [1.54, 1.807) is 0 Å². The Hall–Kier alpha value is -1.35. The van der Waals surface area contributed by atoms with E-state index in [1.807, 2.05) is 33.8 Å². The summed E-state index contributed by atoms with van der Waals surface area (Å²) in [5.74, 6) is -0.525. The molecular weight excluding hydrogens is 356 g/mol. The number of benzene rings is 1. The molecule has 5 heteroatoms. The number of ether oxygens (including phenoxy) is 2. The van der Waals surface area contributed by atoms with Crippen LogP contribution in [0.15, 0.2) is 28.9 Å². The van der Waals surface area contributed by atoms with Crippen molar-refractivity contribution in [3.8, 4) is 6.07 Å². The molecule has 0 bridgehead atoms. The fraction of sp³-hybridized carbons (Fsp3) is 0.500. The number of rotatable bonds is 3. The van der Waals surface area contributed by atoms with Gasteiger partial charge < -0.3 is 14.0 Å². The molecular formula is C18H21BrN2O2. The number of nitrogens with zero attached hydrogens (tertiary/aromatic N) is 2. The largest absolute Gasteiger partial charge is 0.348 e. The van der Waals surface area contributed by atoms with Crippen LogP contribution in [0.2, 0.25) is 0 Å². The van der Waals surface area contributed by atoms with E-state index in [-0.39, 0.29) is 6.10 Å². The van der Waals surface area contributed by atoms with Crippen LogP contribution in [0.1, 0.15) is 33.3 Å². The van der Waals surface area contributed by atoms with Gasteiger partial charge in [0, 0.05) is 21.6 Å². The van der Waals surface area contributed by atoms with Crippen molar-refractivity contribution in [1.82, 2.24) is 4.57 Å². The minimum absolute atomic E-state index is 0.0117. The summed E-state index contributed by atoms with van der Waals surface area (Å²) in [6, 6.07) is 8.58. The van der Waals surface area contributed by atoms with E-state index in [1.165, 1.54) is 0 Å². The van der Waals surface area contributed by atoms with Gasteiger partial charge in [-0.3, -0.25) is 0 Å². The van der Waals surface area contributed by atoms with E-state index < -0.39 is 11.2 Å². The molecule has 1 aromatic heterocycles. The minimum Gasteiger partial charge on any atom is -0.348 e. The first kappa shape index (κ1) is 16.5. The van der Waals surface area contributed by atoms with Crippen LogP contribution < -0.4 is 0 Å². The topological polar surface area (TPSA) is 47.2 Å². The molecule has 4 nitrogen and oxygen atoms in total. The summed E-state index contributed by atoms with van der Waals surface area (Å²) in [5.41, 5.74) is 1.61. The van der Waals surface area contributed by atoms with Crippen LogP contribution in [-0.2, 0) is 21.4 Å². The quantitative estimate of drug-likeness (QED) is 0.799. The maximum Gasteiger partial charge on any atom is 0.163 e. The molecule has 1 aliphatic rings. The first-order valence-electron chi connectivity index (χ1n) is 7.74. The van der Waals surface area contributed by atoms with Gasteiger partial charge >= 0.3 is 0 Å². The Balaban J connectivity index is 2.03. The zero-order chi connectivity index (χ0) is 16.8. The molecule has 23 heavy (non-hydrogen) atoms. The van der Waals surface area contributed by atoms with E-state index in [2.05, 4.69) is 44.9 Å². The van der Waals surface area contributed by atoms with Gasteiger partial charge in [0.15, 0.2) is 5.79 Å². The Kier molecular flexibility index (Phi) is 4.04. The lowest BCUT2D eigenvalue weighted by atomic mass is 9.86. The SMILES string of the molecule is CC1(C)OCC(Cn2cc(C(C)(C)C#N)c3ccc(Br)cc32)O1. The highest BCUT2D eigenvalue weighted by molar-refractivity contribution is 9.10. The van der Waals surface area contributed by atoms with Crippen molar-refractivity contribution in [3.63, 3.8) is 0 Å². The Bertz CT molecular complexity index is 786. The lowest BCUT2D eigenvalue weighted by Gasteiger charge is -2.17. The van der Waals surface area contributed by atoms with Gasteiger partial charge in [0.2, 0.25) is 0 Å². The summed E-state index contributed by atoms with van der Waals surface area (Å²) >= 11 is 3.54. The van der Waals surface area contributed by atoms with Gasteiger partial charge in [-0.1, -0.05) is 22.0 Å². The third kappa shape index (κ3) is 3.16. The number of nitriles is 1. The monoisotopic (exact) mass is 376 g/mol. The second-order valence-electron chi connectivity index (χ2n) is 7.04. The van der Waals surface area contributed by atoms with E-state index >= 15 is 0 Å². The van der Waals surface area contributed by atoms with Gasteiger partial charge in [-0.2, -0.15) is 5.26 Å². The highest BCUT2D eigenvalue weighted by atomic mass is 79.9. The first-order chi connectivity index (χ1) is 10.7. The number of halogens is 1. The highest BCUT2D eigenvalue weighted by Gasteiger charge is 2.33. The maximum atomic E-state index is 9.51. The first-order valence-corrected chi connectivity index (χ1v) is 8.53. The predicted molar refractivity (Wildman–Crippen MR) is 93.2 cm³/mol. The van der Waals surface area contributed by atoms with E-state index in [0.717, 1.165) is 20.9 Å². The average molecular weight is 377 g/mol. The van der Waals surface area contributed by atoms with Crippen LogP contribution in [0.25, 0.3) is 10.9 Å². The van der Waals surface area contributed by atoms with E-state index in [4.69, 9.17) is 9.47 Å². The summed E-state index contributed by atoms with van der Waals surface area (Å²) in [6.45, 7) is 9.05. The van der Waals surface area contributed by atoms with Gasteiger partial charge in [-0.05, 0) is 45.4 Å². The van der Waals surface area contributed by atoms with Crippen LogP contribution in [0.5, 0.6) is 0 Å². The van der Waals surface area contributed by atoms with Crippen molar-refractivity contribution >= 4 is 26.8 Å². The van der Waals surface area contributed by atoms with Gasteiger partial charge in [0.05, 0.1) is 24.6 Å². The van der Waals surface area contributed by atoms with Crippen molar-refractivity contribution in [2.24, 2.45) is 0 Å². The van der Waals surface area contributed by atoms with E-state index in [9.17, 15) is 5.26 Å². The van der Waals surface area contributed by atoms with Gasteiger partial charge in [-0.25, -0.2) is 0 Å². The van der Waals surface area contributed by atoms with Crippen molar-refractivity contribution in [3.05, 3.63) is 34.4 Å². The molecule has 0 saturated carbocycles. The molecule has 1 saturated heterocycles. The zero-order valence-corrected chi connectivity index (χ0v) is 15.5. The van der Waals surface area contributed by atoms with Crippen molar-refractivity contribution in [2.45, 2.75) is 51.5 Å². The molecule has 0 radical (unpaired) electrons. The summed E-state index contributed by atoms with van der Waals surface area (Å²) in [6.07, 6.45) is 2.09. The lowest BCUT2D eigenvalue weighted by molar-refractivity contribution is -0.139. The lowest BCUT2D eigenvalue weighted by Crippen LogP contribution is -2.24. The summed E-state index contributed by atoms with van der Waals surface area (Å²) in [4.78, 5) is 0. The maximum absolute atomic E-state index is 9.51. The standard InChI is InChI=1S/C18H21BrN2O2/c1-17(2,11-20)15-9-21(8-13-10-22-18(3,4)23-13)16-7-12(19)5-6-14(15)16/h5-7,9,13H,8,10H2,1-4H3. The van der Waals surface area contributed by atoms with Crippen LogP contribution >= 0.6 is 15.9 Å². The molecule has 0 aliphatic carbocycles. The molecule has 0 N–H and O–H groups in total. The normalized spacial score (nSPS) is 20.8. The number of aromatic nitrogens is 1. The van der Waals surface area contributed by atoms with Crippen molar-refractivity contribution in [2.75, 3.05) is 6.61 Å². The fourth-order valence-corrected chi connectivity index (χ4v) is 3.40. The molecule has 2 heterocycles. The smallest absolute Gasteiger partial charge is 0.163 e. The molecule has 0 spiro atoms. The Labute approximate surface area is 145 Å². The molecule has 1 aromatic carbocycles. The molecule has 122 valence electrons. The highest BCUT2D eigenvalue weighted by Crippen LogP contribution is 2.34. The molecule has 1 aliphatic heterocycles. The van der Waals surface area contributed by atoms with Crippen LogP contribution in [0.4, 0.5) is 0 Å². The number of hydrogen-bond donors (Lipinski definition) is 0. The molecule has 2 aromatic rings. The Morgan fingerprint density at radius 1 is 1.43 bits per heavy atom. The van der Waals surface area contributed by atoms with Crippen LogP contribution in [-0.4, -0.2) is 23.1 Å². The van der Waals surface area contributed by atoms with Gasteiger partial charge in [0.1, 0.15) is 6.10 Å². The molecule has 1 atom stereocenters. The van der Waals surface area contributed by atoms with Gasteiger partial charge in [0.25, 0.3) is 0 Å². The molecule has 1 fully saturated rings. The fourth-order valence-electron chi connectivity index (χ4n) is 3.05. The third-order valence-corrected chi connectivity index (χ3v) is 4.76. The molecule has 3 rings (SSSR count). The zero-order valence-electron chi connectivity index (χ0n) is 13.9. The Morgan fingerprint density at radius 2 is 2.17 bits per heavy atom. The second-order valence-corrected chi connectivity index (χ2v) is 7.96. The molecule has 0 amide bonds. The second kappa shape index (κ2) is 5.62. The van der Waals surface area contributed by atoms with E-state index in [0.29, 0.717) is 13.2 Å². The third-order valence-electron chi connectivity index (χ3n) is 4.26. The predicted octanol–water partition coefficient (Wildman–Crippen LogP) is 4.36. The average Bonchev–Trinajstić information content (AvgIpc) is 3.00. The van der Waals surface area contributed by atoms with Gasteiger partial charge in [-0.15, -0.1) is 0 Å². The van der Waals surface area contributed by atoms with Crippen molar-refractivity contribution < 1.29 is 9.47 Å². The van der Waals surface area contributed by atoms with Crippen molar-refractivity contribution in [1.29, 1.82) is 5.26 Å². The summed E-state index contributed by atoms with van der Waals surface area (Å²) in [7, 11) is 0. The minimum atomic E-state index is -0.538.